The third-order valence-corrected chi connectivity index (χ3v) is 4.17. The molecule has 0 aliphatic carbocycles. The molecule has 2 unspecified atom stereocenters. The van der Waals surface area contributed by atoms with Gasteiger partial charge in [-0.15, -0.1) is 0 Å². The summed E-state index contributed by atoms with van der Waals surface area (Å²) < 4.78 is 5.10. The van der Waals surface area contributed by atoms with E-state index in [1.807, 2.05) is 18.7 Å². The number of carbonyl (C=O) groups is 2. The Morgan fingerprint density at radius 2 is 2.10 bits per heavy atom. The van der Waals surface area contributed by atoms with Crippen LogP contribution in [0, 0.1) is 5.92 Å². The maximum absolute atomic E-state index is 12.1. The third kappa shape index (κ3) is 5.63. The van der Waals surface area contributed by atoms with E-state index < -0.39 is 0 Å². The van der Waals surface area contributed by atoms with Gasteiger partial charge < -0.3 is 15.0 Å². The molecule has 1 aliphatic heterocycles. The van der Waals surface area contributed by atoms with E-state index in [2.05, 4.69) is 17.1 Å². The average Bonchev–Trinajstić information content (AvgIpc) is 2.50. The Bertz CT molecular complexity index is 349. The number of hydrogen-bond donors (Lipinski definition) is 1. The number of carbonyl (C=O) groups excluding carboxylic acids is 2. The van der Waals surface area contributed by atoms with Crippen molar-refractivity contribution in [2.45, 2.75) is 33.2 Å². The minimum atomic E-state index is -0.0439. The molecule has 1 N–H and O–H groups in total. The zero-order chi connectivity index (χ0) is 15.8. The summed E-state index contributed by atoms with van der Waals surface area (Å²) >= 11 is 0. The zero-order valence-corrected chi connectivity index (χ0v) is 13.7. The van der Waals surface area contributed by atoms with Crippen LogP contribution in [0.2, 0.25) is 0 Å². The van der Waals surface area contributed by atoms with Crippen molar-refractivity contribution in [1.29, 1.82) is 0 Å². The van der Waals surface area contributed by atoms with Crippen LogP contribution in [0.15, 0.2) is 0 Å². The normalized spacial score (nSPS) is 21.1. The van der Waals surface area contributed by atoms with Crippen LogP contribution in [-0.2, 0) is 14.3 Å². The van der Waals surface area contributed by atoms with Crippen molar-refractivity contribution in [3.63, 3.8) is 0 Å². The first-order valence-electron chi connectivity index (χ1n) is 7.78. The van der Waals surface area contributed by atoms with Gasteiger partial charge in [0, 0.05) is 45.2 Å². The minimum absolute atomic E-state index is 0.00453. The first-order valence-corrected chi connectivity index (χ1v) is 7.78. The summed E-state index contributed by atoms with van der Waals surface area (Å²) in [7, 11) is 1.70. The number of hydrogen-bond acceptors (Lipinski definition) is 4. The van der Waals surface area contributed by atoms with E-state index in [0.717, 1.165) is 19.5 Å². The summed E-state index contributed by atoms with van der Waals surface area (Å²) in [6.45, 7) is 9.95. The molecule has 21 heavy (non-hydrogen) atoms. The SMILES string of the molecule is CCC(C)C(=O)NCC(=O)N1CCN(CCOC)C(C)C1. The van der Waals surface area contributed by atoms with Crippen molar-refractivity contribution < 1.29 is 14.3 Å². The van der Waals surface area contributed by atoms with Crippen molar-refractivity contribution in [1.82, 2.24) is 15.1 Å². The molecule has 0 aromatic rings. The van der Waals surface area contributed by atoms with Gasteiger partial charge in [0.25, 0.3) is 0 Å². The average molecular weight is 299 g/mol. The number of amides is 2. The molecule has 6 heteroatoms. The van der Waals surface area contributed by atoms with Crippen molar-refractivity contribution >= 4 is 11.8 Å². The maximum atomic E-state index is 12.1. The summed E-state index contributed by atoms with van der Waals surface area (Å²) in [4.78, 5) is 28.0. The van der Waals surface area contributed by atoms with E-state index >= 15 is 0 Å². The fourth-order valence-electron chi connectivity index (χ4n) is 2.40. The van der Waals surface area contributed by atoms with Crippen molar-refractivity contribution in [3.05, 3.63) is 0 Å². The maximum Gasteiger partial charge on any atom is 0.242 e. The van der Waals surface area contributed by atoms with Crippen LogP contribution < -0.4 is 5.32 Å². The molecule has 0 aromatic heterocycles. The van der Waals surface area contributed by atoms with Crippen LogP contribution in [-0.4, -0.2) is 74.1 Å². The molecule has 2 atom stereocenters. The van der Waals surface area contributed by atoms with E-state index in [1.54, 1.807) is 7.11 Å². The highest BCUT2D eigenvalue weighted by atomic mass is 16.5. The van der Waals surface area contributed by atoms with E-state index in [-0.39, 0.29) is 24.3 Å². The lowest BCUT2D eigenvalue weighted by Gasteiger charge is -2.39. The van der Waals surface area contributed by atoms with Gasteiger partial charge in [0.2, 0.25) is 11.8 Å². The van der Waals surface area contributed by atoms with Crippen LogP contribution in [0.1, 0.15) is 27.2 Å². The van der Waals surface area contributed by atoms with Gasteiger partial charge in [-0.25, -0.2) is 0 Å². The summed E-state index contributed by atoms with van der Waals surface area (Å²) in [5.41, 5.74) is 0. The molecule has 122 valence electrons. The smallest absolute Gasteiger partial charge is 0.242 e. The molecule has 1 fully saturated rings. The summed E-state index contributed by atoms with van der Waals surface area (Å²) in [6.07, 6.45) is 0.787. The van der Waals surface area contributed by atoms with Crippen LogP contribution in [0.5, 0.6) is 0 Å². The molecule has 1 heterocycles. The minimum Gasteiger partial charge on any atom is -0.383 e. The van der Waals surface area contributed by atoms with E-state index in [4.69, 9.17) is 4.74 Å². The lowest BCUT2D eigenvalue weighted by Crippen LogP contribution is -2.55. The number of nitrogens with zero attached hydrogens (tertiary/aromatic N) is 2. The van der Waals surface area contributed by atoms with Gasteiger partial charge in [0.1, 0.15) is 0 Å². The zero-order valence-electron chi connectivity index (χ0n) is 13.7. The Morgan fingerprint density at radius 1 is 1.38 bits per heavy atom. The fraction of sp³-hybridized carbons (Fsp3) is 0.867. The number of methoxy groups -OCH3 is 1. The van der Waals surface area contributed by atoms with Gasteiger partial charge in [-0.2, -0.15) is 0 Å². The van der Waals surface area contributed by atoms with Crippen LogP contribution in [0.25, 0.3) is 0 Å². The van der Waals surface area contributed by atoms with Gasteiger partial charge in [-0.3, -0.25) is 14.5 Å². The van der Waals surface area contributed by atoms with Crippen molar-refractivity contribution in [2.75, 3.05) is 46.4 Å². The number of piperazine rings is 1. The molecule has 0 saturated carbocycles. The Morgan fingerprint density at radius 3 is 2.67 bits per heavy atom. The predicted molar refractivity (Wildman–Crippen MR) is 82.0 cm³/mol. The van der Waals surface area contributed by atoms with E-state index in [0.29, 0.717) is 25.7 Å². The molecule has 0 aromatic carbocycles. The van der Waals surface area contributed by atoms with Crippen molar-refractivity contribution in [2.24, 2.45) is 5.92 Å². The van der Waals surface area contributed by atoms with Crippen LogP contribution in [0.4, 0.5) is 0 Å². The molecule has 0 radical (unpaired) electrons. The summed E-state index contributed by atoms with van der Waals surface area (Å²) in [5.74, 6) is -0.0786. The second-order valence-corrected chi connectivity index (χ2v) is 5.74. The highest BCUT2D eigenvalue weighted by Gasteiger charge is 2.26. The monoisotopic (exact) mass is 299 g/mol. The summed E-state index contributed by atoms with van der Waals surface area (Å²) in [5, 5.41) is 2.73. The molecule has 0 spiro atoms. The molecule has 1 rings (SSSR count). The first kappa shape index (κ1) is 17.9. The predicted octanol–water partition coefficient (Wildman–Crippen LogP) is 0.328. The quantitative estimate of drug-likeness (QED) is 0.736. The highest BCUT2D eigenvalue weighted by Crippen LogP contribution is 2.09. The van der Waals surface area contributed by atoms with Crippen molar-refractivity contribution in [3.8, 4) is 0 Å². The Hall–Kier alpha value is -1.14. The Kier molecular flexibility index (Phi) is 7.67. The molecular weight excluding hydrogens is 270 g/mol. The molecule has 0 bridgehead atoms. The lowest BCUT2D eigenvalue weighted by molar-refractivity contribution is -0.136. The summed E-state index contributed by atoms with van der Waals surface area (Å²) in [6, 6.07) is 0.322. The topological polar surface area (TPSA) is 61.9 Å². The Labute approximate surface area is 127 Å². The third-order valence-electron chi connectivity index (χ3n) is 4.17. The van der Waals surface area contributed by atoms with E-state index in [9.17, 15) is 9.59 Å². The number of ether oxygens (including phenoxy) is 1. The number of nitrogens with one attached hydrogen (secondary N) is 1. The van der Waals surface area contributed by atoms with Gasteiger partial charge in [0.15, 0.2) is 0 Å². The van der Waals surface area contributed by atoms with Gasteiger partial charge in [-0.1, -0.05) is 13.8 Å². The van der Waals surface area contributed by atoms with Crippen LogP contribution in [0.3, 0.4) is 0 Å². The lowest BCUT2D eigenvalue weighted by atomic mass is 10.1. The molecule has 1 aliphatic rings. The van der Waals surface area contributed by atoms with Gasteiger partial charge in [0.05, 0.1) is 13.2 Å². The standard InChI is InChI=1S/C15H29N3O3/c1-5-12(2)15(20)16-10-14(19)18-7-6-17(8-9-21-4)13(3)11-18/h12-13H,5-11H2,1-4H3,(H,16,20). The largest absolute Gasteiger partial charge is 0.383 e. The first-order chi connectivity index (χ1) is 9.99. The Balaban J connectivity index is 2.35. The second-order valence-electron chi connectivity index (χ2n) is 5.74. The van der Waals surface area contributed by atoms with E-state index in [1.165, 1.54) is 0 Å². The molecule has 1 saturated heterocycles. The van der Waals surface area contributed by atoms with Gasteiger partial charge in [-0.05, 0) is 13.3 Å². The molecule has 6 nitrogen and oxygen atoms in total. The van der Waals surface area contributed by atoms with Crippen LogP contribution >= 0.6 is 0 Å². The molecule has 2 amide bonds. The fourth-order valence-corrected chi connectivity index (χ4v) is 2.40. The second kappa shape index (κ2) is 9.00. The highest BCUT2D eigenvalue weighted by molar-refractivity contribution is 5.85. The molecular formula is C15H29N3O3. The number of rotatable bonds is 7. The van der Waals surface area contributed by atoms with Gasteiger partial charge >= 0.3 is 0 Å².